The number of aryl methyl sites for hydroxylation is 1. The largest absolute Gasteiger partial charge is 0.477 e. The van der Waals surface area contributed by atoms with Crippen molar-refractivity contribution in [1.29, 1.82) is 0 Å². The first kappa shape index (κ1) is 16.7. The van der Waals surface area contributed by atoms with Gasteiger partial charge < -0.3 is 14.8 Å². The van der Waals surface area contributed by atoms with E-state index in [1.807, 2.05) is 6.92 Å². The number of carbonyl (C=O) groups is 1. The minimum absolute atomic E-state index is 0.00584. The standard InChI is InChI=1S/C12H20N2O5S/c1-4-19-7-5-6-13-20(17,18)11-8(2)10(12(15)16)14-9(11)3/h13-14H,4-7H2,1-3H3,(H,15,16). The lowest BCUT2D eigenvalue weighted by molar-refractivity contribution is 0.0690. The second-order valence-corrected chi connectivity index (χ2v) is 6.04. The number of ether oxygens (including phenoxy) is 1. The first-order valence-electron chi connectivity index (χ1n) is 6.31. The van der Waals surface area contributed by atoms with E-state index >= 15 is 0 Å². The van der Waals surface area contributed by atoms with E-state index in [0.29, 0.717) is 25.3 Å². The summed E-state index contributed by atoms with van der Waals surface area (Å²) in [5, 5.41) is 8.98. The predicted molar refractivity (Wildman–Crippen MR) is 73.5 cm³/mol. The van der Waals surface area contributed by atoms with Gasteiger partial charge >= 0.3 is 5.97 Å². The Balaban J connectivity index is 2.85. The number of hydrogen-bond donors (Lipinski definition) is 3. The zero-order valence-electron chi connectivity index (χ0n) is 11.8. The number of aromatic amines is 1. The summed E-state index contributed by atoms with van der Waals surface area (Å²) in [6, 6.07) is 0. The highest BCUT2D eigenvalue weighted by molar-refractivity contribution is 7.89. The summed E-state index contributed by atoms with van der Waals surface area (Å²) in [6.45, 7) is 6.18. The van der Waals surface area contributed by atoms with Gasteiger partial charge in [0.15, 0.2) is 0 Å². The molecule has 0 bridgehead atoms. The monoisotopic (exact) mass is 304 g/mol. The summed E-state index contributed by atoms with van der Waals surface area (Å²) in [7, 11) is -3.72. The second-order valence-electron chi connectivity index (χ2n) is 4.33. The summed E-state index contributed by atoms with van der Waals surface area (Å²) >= 11 is 0. The van der Waals surface area contributed by atoms with Crippen LogP contribution in [0.4, 0.5) is 0 Å². The topological polar surface area (TPSA) is 108 Å². The summed E-state index contributed by atoms with van der Waals surface area (Å²) in [4.78, 5) is 13.6. The van der Waals surface area contributed by atoms with Gasteiger partial charge in [0.25, 0.3) is 0 Å². The van der Waals surface area contributed by atoms with Crippen molar-refractivity contribution in [3.05, 3.63) is 17.0 Å². The molecule has 1 heterocycles. The number of rotatable bonds is 8. The number of carboxylic acids is 1. The number of aromatic nitrogens is 1. The van der Waals surface area contributed by atoms with Crippen molar-refractivity contribution in [3.63, 3.8) is 0 Å². The average molecular weight is 304 g/mol. The van der Waals surface area contributed by atoms with E-state index in [4.69, 9.17) is 9.84 Å². The molecule has 8 heteroatoms. The van der Waals surface area contributed by atoms with Gasteiger partial charge in [0, 0.05) is 31.0 Å². The van der Waals surface area contributed by atoms with Gasteiger partial charge in [-0.05, 0) is 27.2 Å². The van der Waals surface area contributed by atoms with Crippen molar-refractivity contribution < 1.29 is 23.1 Å². The Kier molecular flexibility index (Phi) is 5.73. The molecule has 0 aliphatic rings. The molecule has 1 rings (SSSR count). The van der Waals surface area contributed by atoms with Gasteiger partial charge in [0.1, 0.15) is 10.6 Å². The molecule has 1 aromatic rings. The average Bonchev–Trinajstić information content (AvgIpc) is 2.65. The van der Waals surface area contributed by atoms with Crippen LogP contribution in [0, 0.1) is 13.8 Å². The van der Waals surface area contributed by atoms with Crippen LogP contribution in [0.5, 0.6) is 0 Å². The molecule has 0 aromatic carbocycles. The number of sulfonamides is 1. The molecule has 7 nitrogen and oxygen atoms in total. The van der Waals surface area contributed by atoms with Crippen LogP contribution in [0.1, 0.15) is 35.1 Å². The van der Waals surface area contributed by atoms with Crippen LogP contribution >= 0.6 is 0 Å². The molecule has 3 N–H and O–H groups in total. The number of H-pyrrole nitrogens is 1. The number of hydrogen-bond acceptors (Lipinski definition) is 4. The molecule has 0 saturated carbocycles. The minimum atomic E-state index is -3.72. The Labute approximate surface area is 118 Å². The molecule has 0 radical (unpaired) electrons. The molecular weight excluding hydrogens is 284 g/mol. The van der Waals surface area contributed by atoms with Crippen molar-refractivity contribution in [2.45, 2.75) is 32.1 Å². The van der Waals surface area contributed by atoms with Crippen LogP contribution in [0.25, 0.3) is 0 Å². The van der Waals surface area contributed by atoms with Gasteiger partial charge in [-0.3, -0.25) is 0 Å². The quantitative estimate of drug-likeness (QED) is 0.622. The molecule has 0 fully saturated rings. The molecule has 0 spiro atoms. The molecule has 114 valence electrons. The molecule has 1 aromatic heterocycles. The number of carboxylic acid groups (broad SMARTS) is 1. The third-order valence-corrected chi connectivity index (χ3v) is 4.55. The van der Waals surface area contributed by atoms with Crippen LogP contribution in [-0.4, -0.2) is 44.2 Å². The summed E-state index contributed by atoms with van der Waals surface area (Å²) in [5.41, 5.74) is 0.432. The van der Waals surface area contributed by atoms with Crippen LogP contribution < -0.4 is 4.72 Å². The molecule has 0 amide bonds. The number of aromatic carboxylic acids is 1. The highest BCUT2D eigenvalue weighted by atomic mass is 32.2. The van der Waals surface area contributed by atoms with Gasteiger partial charge in [-0.25, -0.2) is 17.9 Å². The Morgan fingerprint density at radius 1 is 1.40 bits per heavy atom. The zero-order valence-corrected chi connectivity index (χ0v) is 12.6. The van der Waals surface area contributed by atoms with Gasteiger partial charge in [0.2, 0.25) is 10.0 Å². The van der Waals surface area contributed by atoms with Gasteiger partial charge in [-0.1, -0.05) is 0 Å². The Morgan fingerprint density at radius 3 is 2.55 bits per heavy atom. The Morgan fingerprint density at radius 2 is 2.05 bits per heavy atom. The lowest BCUT2D eigenvalue weighted by Gasteiger charge is -2.07. The predicted octanol–water partition coefficient (Wildman–Crippen LogP) is 1.03. The molecule has 0 aliphatic carbocycles. The summed E-state index contributed by atoms with van der Waals surface area (Å²) < 4.78 is 31.9. The first-order valence-corrected chi connectivity index (χ1v) is 7.79. The van der Waals surface area contributed by atoms with Gasteiger partial charge in [0.05, 0.1) is 0 Å². The van der Waals surface area contributed by atoms with E-state index in [2.05, 4.69) is 9.71 Å². The third-order valence-electron chi connectivity index (χ3n) is 2.81. The van der Waals surface area contributed by atoms with Crippen molar-refractivity contribution in [2.24, 2.45) is 0 Å². The van der Waals surface area contributed by atoms with Crippen LogP contribution in [0.3, 0.4) is 0 Å². The highest BCUT2D eigenvalue weighted by Crippen LogP contribution is 2.22. The molecule has 0 atom stereocenters. The van der Waals surface area contributed by atoms with Crippen LogP contribution in [0.15, 0.2) is 4.90 Å². The second kappa shape index (κ2) is 6.87. The lowest BCUT2D eigenvalue weighted by atomic mass is 10.2. The maximum Gasteiger partial charge on any atom is 0.352 e. The van der Waals surface area contributed by atoms with Gasteiger partial charge in [-0.2, -0.15) is 0 Å². The zero-order chi connectivity index (χ0) is 15.3. The van der Waals surface area contributed by atoms with Crippen molar-refractivity contribution in [1.82, 2.24) is 9.71 Å². The molecule has 0 saturated heterocycles. The fourth-order valence-electron chi connectivity index (χ4n) is 1.95. The van der Waals surface area contributed by atoms with E-state index in [-0.39, 0.29) is 22.7 Å². The summed E-state index contributed by atoms with van der Waals surface area (Å²) in [5.74, 6) is -1.18. The normalized spacial score (nSPS) is 11.8. The maximum absolute atomic E-state index is 12.2. The number of nitrogens with one attached hydrogen (secondary N) is 2. The third kappa shape index (κ3) is 3.81. The van der Waals surface area contributed by atoms with Crippen molar-refractivity contribution in [3.8, 4) is 0 Å². The molecule has 0 unspecified atom stereocenters. The first-order chi connectivity index (χ1) is 9.31. The van der Waals surface area contributed by atoms with E-state index in [9.17, 15) is 13.2 Å². The minimum Gasteiger partial charge on any atom is -0.477 e. The highest BCUT2D eigenvalue weighted by Gasteiger charge is 2.25. The van der Waals surface area contributed by atoms with Crippen molar-refractivity contribution in [2.75, 3.05) is 19.8 Å². The van der Waals surface area contributed by atoms with Crippen LogP contribution in [-0.2, 0) is 14.8 Å². The van der Waals surface area contributed by atoms with E-state index in [1.54, 1.807) is 0 Å². The maximum atomic E-state index is 12.2. The fraction of sp³-hybridized carbons (Fsp3) is 0.583. The SMILES string of the molecule is CCOCCCNS(=O)(=O)c1c(C)[nH]c(C(=O)O)c1C. The van der Waals surface area contributed by atoms with E-state index in [1.165, 1.54) is 13.8 Å². The lowest BCUT2D eigenvalue weighted by Crippen LogP contribution is -2.26. The van der Waals surface area contributed by atoms with Crippen LogP contribution in [0.2, 0.25) is 0 Å². The van der Waals surface area contributed by atoms with Gasteiger partial charge in [-0.15, -0.1) is 0 Å². The summed E-state index contributed by atoms with van der Waals surface area (Å²) in [6.07, 6.45) is 0.557. The fourth-order valence-corrected chi connectivity index (χ4v) is 3.46. The molecule has 0 aliphatic heterocycles. The molecular formula is C12H20N2O5S. The van der Waals surface area contributed by atoms with E-state index in [0.717, 1.165) is 0 Å². The molecule has 20 heavy (non-hydrogen) atoms. The Hall–Kier alpha value is -1.38. The Bertz CT molecular complexity index is 577. The van der Waals surface area contributed by atoms with E-state index < -0.39 is 16.0 Å². The smallest absolute Gasteiger partial charge is 0.352 e. The van der Waals surface area contributed by atoms with Crippen molar-refractivity contribution >= 4 is 16.0 Å².